The van der Waals surface area contributed by atoms with Crippen molar-refractivity contribution in [2.75, 3.05) is 5.32 Å². The molecule has 0 saturated heterocycles. The van der Waals surface area contributed by atoms with E-state index in [0.717, 1.165) is 17.5 Å². The fraction of sp³-hybridized carbons (Fsp3) is 0.667. The smallest absolute Gasteiger partial charge is 0.326 e. The average Bonchev–Trinajstić information content (AvgIpc) is 3.04. The number of hydrogen-bond donors (Lipinski definition) is 3. The molecule has 0 bridgehead atoms. The molecule has 1 heterocycles. The van der Waals surface area contributed by atoms with Crippen LogP contribution in [0.2, 0.25) is 0 Å². The van der Waals surface area contributed by atoms with Crippen molar-refractivity contribution in [3.05, 3.63) is 11.1 Å². The van der Waals surface area contributed by atoms with Crippen molar-refractivity contribution in [2.24, 2.45) is 11.7 Å². The third-order valence-electron chi connectivity index (χ3n) is 3.24. The van der Waals surface area contributed by atoms with Gasteiger partial charge < -0.3 is 16.2 Å². The lowest BCUT2D eigenvalue weighted by Gasteiger charge is -2.15. The molecule has 100 valence electrons. The second-order valence-corrected chi connectivity index (χ2v) is 5.68. The third kappa shape index (κ3) is 3.43. The highest BCUT2D eigenvalue weighted by Crippen LogP contribution is 2.35. The second kappa shape index (κ2) is 5.67. The number of aromatic nitrogens is 1. The zero-order chi connectivity index (χ0) is 13.1. The molecule has 5 nitrogen and oxygen atoms in total. The molecule has 1 fully saturated rings. The molecule has 6 heteroatoms. The standard InChI is InChI=1S/C12H19N3O2S/c1-2-8(5-7-3-4-7)14-12-15-9(6-18-12)10(13)11(16)17/h6-8,10H,2-5,13H2,1H3,(H,14,15)(H,16,17). The van der Waals surface area contributed by atoms with E-state index in [1.165, 1.54) is 30.6 Å². The molecule has 0 aromatic carbocycles. The van der Waals surface area contributed by atoms with Gasteiger partial charge in [0.25, 0.3) is 0 Å². The monoisotopic (exact) mass is 269 g/mol. The lowest BCUT2D eigenvalue weighted by Crippen LogP contribution is -2.22. The van der Waals surface area contributed by atoms with Crippen LogP contribution < -0.4 is 11.1 Å². The first-order valence-corrected chi connectivity index (χ1v) is 7.18. The van der Waals surface area contributed by atoms with Crippen LogP contribution >= 0.6 is 11.3 Å². The van der Waals surface area contributed by atoms with Gasteiger partial charge in [0.15, 0.2) is 5.13 Å². The van der Waals surface area contributed by atoms with Crippen LogP contribution in [0.3, 0.4) is 0 Å². The molecule has 18 heavy (non-hydrogen) atoms. The van der Waals surface area contributed by atoms with Gasteiger partial charge in [0, 0.05) is 11.4 Å². The summed E-state index contributed by atoms with van der Waals surface area (Å²) in [7, 11) is 0. The lowest BCUT2D eigenvalue weighted by molar-refractivity contribution is -0.138. The Bertz CT molecular complexity index is 417. The summed E-state index contributed by atoms with van der Waals surface area (Å²) in [5.74, 6) is -0.181. The van der Waals surface area contributed by atoms with Crippen molar-refractivity contribution >= 4 is 22.4 Å². The molecule has 0 amide bonds. The number of nitrogens with two attached hydrogens (primary N) is 1. The largest absolute Gasteiger partial charge is 0.480 e. The Morgan fingerprint density at radius 1 is 1.72 bits per heavy atom. The van der Waals surface area contributed by atoms with Crippen molar-refractivity contribution < 1.29 is 9.90 Å². The van der Waals surface area contributed by atoms with E-state index in [4.69, 9.17) is 10.8 Å². The van der Waals surface area contributed by atoms with Gasteiger partial charge in [0.1, 0.15) is 6.04 Å². The molecular weight excluding hydrogens is 250 g/mol. The molecule has 1 aromatic heterocycles. The maximum Gasteiger partial charge on any atom is 0.326 e. The minimum absolute atomic E-state index is 0.427. The molecular formula is C12H19N3O2S. The van der Waals surface area contributed by atoms with Crippen LogP contribution in [0, 0.1) is 5.92 Å². The minimum Gasteiger partial charge on any atom is -0.480 e. The number of carboxylic acid groups (broad SMARTS) is 1. The SMILES string of the molecule is CCC(CC1CC1)Nc1nc(C(N)C(=O)O)cs1. The van der Waals surface area contributed by atoms with E-state index in [1.54, 1.807) is 5.38 Å². The number of rotatable bonds is 7. The van der Waals surface area contributed by atoms with Gasteiger partial charge in [-0.05, 0) is 18.8 Å². The summed E-state index contributed by atoms with van der Waals surface area (Å²) in [4.78, 5) is 15.0. The van der Waals surface area contributed by atoms with Gasteiger partial charge in [-0.2, -0.15) is 0 Å². The molecule has 1 aromatic rings. The van der Waals surface area contributed by atoms with Gasteiger partial charge in [-0.1, -0.05) is 19.8 Å². The van der Waals surface area contributed by atoms with Crippen LogP contribution in [-0.2, 0) is 4.79 Å². The Morgan fingerprint density at radius 3 is 3.00 bits per heavy atom. The molecule has 2 unspecified atom stereocenters. The minimum atomic E-state index is -1.04. The number of hydrogen-bond acceptors (Lipinski definition) is 5. The Labute approximate surface area is 110 Å². The molecule has 2 rings (SSSR count). The van der Waals surface area contributed by atoms with E-state index >= 15 is 0 Å². The molecule has 0 radical (unpaired) electrons. The average molecular weight is 269 g/mol. The van der Waals surface area contributed by atoms with E-state index in [1.807, 2.05) is 0 Å². The van der Waals surface area contributed by atoms with Crippen molar-refractivity contribution in [1.29, 1.82) is 0 Å². The number of nitrogens with zero attached hydrogens (tertiary/aromatic N) is 1. The number of aliphatic carboxylic acids is 1. The Hall–Kier alpha value is -1.14. The van der Waals surface area contributed by atoms with Crippen molar-refractivity contribution in [3.8, 4) is 0 Å². The topological polar surface area (TPSA) is 88.2 Å². The van der Waals surface area contributed by atoms with Crippen molar-refractivity contribution in [1.82, 2.24) is 4.98 Å². The zero-order valence-corrected chi connectivity index (χ0v) is 11.2. The van der Waals surface area contributed by atoms with E-state index in [0.29, 0.717) is 11.7 Å². The summed E-state index contributed by atoms with van der Waals surface area (Å²) < 4.78 is 0. The summed E-state index contributed by atoms with van der Waals surface area (Å²) >= 11 is 1.42. The van der Waals surface area contributed by atoms with E-state index < -0.39 is 12.0 Å². The predicted molar refractivity (Wildman–Crippen MR) is 71.7 cm³/mol. The maximum atomic E-state index is 10.8. The van der Waals surface area contributed by atoms with Crippen LogP contribution in [0.25, 0.3) is 0 Å². The molecule has 4 N–H and O–H groups in total. The van der Waals surface area contributed by atoms with Crippen LogP contribution in [-0.4, -0.2) is 22.1 Å². The number of anilines is 1. The van der Waals surface area contributed by atoms with Crippen LogP contribution in [0.5, 0.6) is 0 Å². The van der Waals surface area contributed by atoms with E-state index in [2.05, 4.69) is 17.2 Å². The summed E-state index contributed by atoms with van der Waals surface area (Å²) in [5, 5.41) is 14.7. The van der Waals surface area contributed by atoms with Crippen LogP contribution in [0.1, 0.15) is 44.3 Å². The van der Waals surface area contributed by atoms with Gasteiger partial charge >= 0.3 is 5.97 Å². The third-order valence-corrected chi connectivity index (χ3v) is 4.03. The van der Waals surface area contributed by atoms with E-state index in [9.17, 15) is 4.79 Å². The number of nitrogens with one attached hydrogen (secondary N) is 1. The summed E-state index contributed by atoms with van der Waals surface area (Å²) in [6.07, 6.45) is 4.91. The summed E-state index contributed by atoms with van der Waals surface area (Å²) in [6.45, 7) is 2.15. The highest BCUT2D eigenvalue weighted by molar-refractivity contribution is 7.13. The van der Waals surface area contributed by atoms with Crippen LogP contribution in [0.15, 0.2) is 5.38 Å². The number of thiazole rings is 1. The summed E-state index contributed by atoms with van der Waals surface area (Å²) in [6, 6.07) is -0.599. The number of carbonyl (C=O) groups is 1. The van der Waals surface area contributed by atoms with Crippen molar-refractivity contribution in [3.63, 3.8) is 0 Å². The quantitative estimate of drug-likeness (QED) is 0.706. The van der Waals surface area contributed by atoms with Gasteiger partial charge in [-0.25, -0.2) is 4.98 Å². The molecule has 1 aliphatic carbocycles. The number of carboxylic acids is 1. The van der Waals surface area contributed by atoms with Gasteiger partial charge in [0.05, 0.1) is 5.69 Å². The Balaban J connectivity index is 1.93. The maximum absolute atomic E-state index is 10.8. The van der Waals surface area contributed by atoms with Gasteiger partial charge in [-0.15, -0.1) is 11.3 Å². The molecule has 2 atom stereocenters. The summed E-state index contributed by atoms with van der Waals surface area (Å²) in [5.41, 5.74) is 5.95. The molecule has 0 spiro atoms. The van der Waals surface area contributed by atoms with Crippen molar-refractivity contribution in [2.45, 2.75) is 44.7 Å². The first-order chi connectivity index (χ1) is 8.60. The van der Waals surface area contributed by atoms with E-state index in [-0.39, 0.29) is 0 Å². The Kier molecular flexibility index (Phi) is 4.19. The highest BCUT2D eigenvalue weighted by Gasteiger charge is 2.25. The zero-order valence-electron chi connectivity index (χ0n) is 10.4. The first kappa shape index (κ1) is 13.3. The predicted octanol–water partition coefficient (Wildman–Crippen LogP) is 2.22. The van der Waals surface area contributed by atoms with Gasteiger partial charge in [-0.3, -0.25) is 4.79 Å². The molecule has 0 aliphatic heterocycles. The normalized spacial score (nSPS) is 18.3. The second-order valence-electron chi connectivity index (χ2n) is 4.82. The lowest BCUT2D eigenvalue weighted by atomic mass is 10.1. The fourth-order valence-electron chi connectivity index (χ4n) is 1.88. The fourth-order valence-corrected chi connectivity index (χ4v) is 2.70. The van der Waals surface area contributed by atoms with Gasteiger partial charge in [0.2, 0.25) is 0 Å². The van der Waals surface area contributed by atoms with Crippen LogP contribution in [0.4, 0.5) is 5.13 Å². The molecule has 1 saturated carbocycles. The highest BCUT2D eigenvalue weighted by atomic mass is 32.1. The molecule has 1 aliphatic rings. The Morgan fingerprint density at radius 2 is 2.44 bits per heavy atom. The first-order valence-electron chi connectivity index (χ1n) is 6.30.